The molecule has 25 heavy (non-hydrogen) atoms. The fourth-order valence-corrected chi connectivity index (χ4v) is 3.02. The Hall–Kier alpha value is -2.67. The molecule has 0 atom stereocenters. The number of fused-ring (bicyclic) bond motifs is 1. The van der Waals surface area contributed by atoms with Gasteiger partial charge in [-0.2, -0.15) is 0 Å². The zero-order chi connectivity index (χ0) is 18.0. The van der Waals surface area contributed by atoms with Crippen LogP contribution in [0.3, 0.4) is 0 Å². The molecule has 0 aliphatic carbocycles. The van der Waals surface area contributed by atoms with Crippen molar-refractivity contribution in [2.24, 2.45) is 0 Å². The largest absolute Gasteiger partial charge is 0.484 e. The number of rotatable bonds is 4. The van der Waals surface area contributed by atoms with E-state index in [1.54, 1.807) is 0 Å². The summed E-state index contributed by atoms with van der Waals surface area (Å²) in [4.78, 5) is 23.9. The first kappa shape index (κ1) is 17.2. The molecule has 3 rings (SSSR count). The highest BCUT2D eigenvalue weighted by atomic mass is 35.5. The summed E-state index contributed by atoms with van der Waals surface area (Å²) in [7, 11) is 0. The van der Waals surface area contributed by atoms with Crippen LogP contribution in [-0.2, 0) is 11.2 Å². The van der Waals surface area contributed by atoms with E-state index in [1.807, 2.05) is 0 Å². The Kier molecular flexibility index (Phi) is 4.85. The van der Waals surface area contributed by atoms with Crippen LogP contribution in [0.1, 0.15) is 12.0 Å². The Labute approximate surface area is 147 Å². The number of nitro benzene ring substituents is 1. The standard InChI is InChI=1S/C17H14ClFN2O4/c18-14-7-8-15(19)17-13(14)2-1-9-20(17)16(22)10-25-12-5-3-11(4-6-12)21(23)24/h3-8H,1-2,9-10H2. The van der Waals surface area contributed by atoms with Crippen LogP contribution < -0.4 is 9.64 Å². The lowest BCUT2D eigenvalue weighted by Gasteiger charge is -2.30. The van der Waals surface area contributed by atoms with Gasteiger partial charge in [-0.3, -0.25) is 14.9 Å². The summed E-state index contributed by atoms with van der Waals surface area (Å²) >= 11 is 6.11. The van der Waals surface area contributed by atoms with Crippen molar-refractivity contribution in [2.45, 2.75) is 12.8 Å². The molecule has 0 radical (unpaired) electrons. The van der Waals surface area contributed by atoms with Crippen LogP contribution in [0.5, 0.6) is 5.75 Å². The number of non-ortho nitro benzene ring substituents is 1. The van der Waals surface area contributed by atoms with E-state index in [2.05, 4.69) is 0 Å². The first-order chi connectivity index (χ1) is 12.0. The molecule has 0 saturated heterocycles. The Bertz CT molecular complexity index is 826. The number of carbonyl (C=O) groups is 1. The highest BCUT2D eigenvalue weighted by Gasteiger charge is 2.27. The number of benzene rings is 2. The number of amides is 1. The molecule has 0 unspecified atom stereocenters. The third-order valence-electron chi connectivity index (χ3n) is 3.97. The maximum Gasteiger partial charge on any atom is 0.269 e. The minimum Gasteiger partial charge on any atom is -0.484 e. The van der Waals surface area contributed by atoms with Gasteiger partial charge in [-0.05, 0) is 42.7 Å². The van der Waals surface area contributed by atoms with Crippen LogP contribution in [0.4, 0.5) is 15.8 Å². The van der Waals surface area contributed by atoms with Crippen molar-refractivity contribution in [1.82, 2.24) is 0 Å². The van der Waals surface area contributed by atoms with E-state index >= 15 is 0 Å². The maximum atomic E-state index is 14.2. The number of nitrogens with zero attached hydrogens (tertiary/aromatic N) is 2. The van der Waals surface area contributed by atoms with E-state index in [9.17, 15) is 19.3 Å². The summed E-state index contributed by atoms with van der Waals surface area (Å²) in [5, 5.41) is 11.1. The molecule has 2 aromatic rings. The highest BCUT2D eigenvalue weighted by Crippen LogP contribution is 2.35. The number of nitro groups is 1. The monoisotopic (exact) mass is 364 g/mol. The molecular weight excluding hydrogens is 351 g/mol. The zero-order valence-electron chi connectivity index (χ0n) is 13.1. The lowest BCUT2D eigenvalue weighted by molar-refractivity contribution is -0.384. The normalized spacial score (nSPS) is 13.3. The van der Waals surface area contributed by atoms with Crippen molar-refractivity contribution < 1.29 is 18.8 Å². The molecule has 0 spiro atoms. The van der Waals surface area contributed by atoms with E-state index in [1.165, 1.54) is 41.3 Å². The first-order valence-corrected chi connectivity index (χ1v) is 7.99. The Balaban J connectivity index is 1.73. The lowest BCUT2D eigenvalue weighted by Crippen LogP contribution is -2.39. The van der Waals surface area contributed by atoms with Gasteiger partial charge >= 0.3 is 0 Å². The lowest BCUT2D eigenvalue weighted by atomic mass is 10.0. The molecule has 1 heterocycles. The minimum absolute atomic E-state index is 0.0691. The second-order valence-electron chi connectivity index (χ2n) is 5.54. The maximum absolute atomic E-state index is 14.2. The van der Waals surface area contributed by atoms with Gasteiger partial charge in [0.15, 0.2) is 6.61 Å². The van der Waals surface area contributed by atoms with E-state index < -0.39 is 16.6 Å². The topological polar surface area (TPSA) is 72.7 Å². The molecule has 0 saturated carbocycles. The third-order valence-corrected chi connectivity index (χ3v) is 4.32. The predicted molar refractivity (Wildman–Crippen MR) is 90.7 cm³/mol. The molecule has 1 aliphatic heterocycles. The Morgan fingerprint density at radius 1 is 1.28 bits per heavy atom. The SMILES string of the molecule is O=C(COc1ccc([N+](=O)[O-])cc1)N1CCCc2c(Cl)ccc(F)c21. The van der Waals surface area contributed by atoms with Gasteiger partial charge in [-0.15, -0.1) is 0 Å². The van der Waals surface area contributed by atoms with Crippen LogP contribution in [0.25, 0.3) is 0 Å². The van der Waals surface area contributed by atoms with Gasteiger partial charge in [0.2, 0.25) is 0 Å². The Morgan fingerprint density at radius 2 is 2.00 bits per heavy atom. The smallest absolute Gasteiger partial charge is 0.269 e. The van der Waals surface area contributed by atoms with E-state index in [-0.39, 0.29) is 18.0 Å². The average molecular weight is 365 g/mol. The molecule has 8 heteroatoms. The number of hydrogen-bond acceptors (Lipinski definition) is 4. The third kappa shape index (κ3) is 3.56. The first-order valence-electron chi connectivity index (χ1n) is 7.62. The van der Waals surface area contributed by atoms with Crippen molar-refractivity contribution in [3.63, 3.8) is 0 Å². The summed E-state index contributed by atoms with van der Waals surface area (Å²) in [6.07, 6.45) is 1.29. The van der Waals surface area contributed by atoms with Gasteiger partial charge in [0.25, 0.3) is 11.6 Å². The number of hydrogen-bond donors (Lipinski definition) is 0. The predicted octanol–water partition coefficient (Wildman–Crippen LogP) is 3.75. The van der Waals surface area contributed by atoms with Gasteiger partial charge in [0, 0.05) is 23.7 Å². The summed E-state index contributed by atoms with van der Waals surface area (Å²) < 4.78 is 19.6. The highest BCUT2D eigenvalue weighted by molar-refractivity contribution is 6.32. The van der Waals surface area contributed by atoms with Crippen LogP contribution >= 0.6 is 11.6 Å². The van der Waals surface area contributed by atoms with Crippen LogP contribution in [0.2, 0.25) is 5.02 Å². The number of halogens is 2. The van der Waals surface area contributed by atoms with Crippen molar-refractivity contribution >= 4 is 28.9 Å². The second kappa shape index (κ2) is 7.06. The number of anilines is 1. The van der Waals surface area contributed by atoms with E-state index in [4.69, 9.17) is 16.3 Å². The summed E-state index contributed by atoms with van der Waals surface area (Å²) in [5.74, 6) is -0.578. The van der Waals surface area contributed by atoms with Crippen LogP contribution in [0.15, 0.2) is 36.4 Å². The van der Waals surface area contributed by atoms with E-state index in [0.717, 1.165) is 0 Å². The van der Waals surface area contributed by atoms with Crippen molar-refractivity contribution in [2.75, 3.05) is 18.1 Å². The summed E-state index contributed by atoms with van der Waals surface area (Å²) in [5.41, 5.74) is 0.757. The summed E-state index contributed by atoms with van der Waals surface area (Å²) in [6.45, 7) is 0.0793. The molecule has 6 nitrogen and oxygen atoms in total. The van der Waals surface area contributed by atoms with Crippen molar-refractivity contribution in [1.29, 1.82) is 0 Å². The summed E-state index contributed by atoms with van der Waals surface area (Å²) in [6, 6.07) is 8.12. The van der Waals surface area contributed by atoms with Gasteiger partial charge in [-0.1, -0.05) is 11.6 Å². The van der Waals surface area contributed by atoms with Gasteiger partial charge < -0.3 is 9.64 Å². The fourth-order valence-electron chi connectivity index (χ4n) is 2.77. The quantitative estimate of drug-likeness (QED) is 0.612. The zero-order valence-corrected chi connectivity index (χ0v) is 13.8. The number of ether oxygens (including phenoxy) is 1. The molecule has 0 bridgehead atoms. The molecule has 2 aromatic carbocycles. The van der Waals surface area contributed by atoms with Crippen LogP contribution in [-0.4, -0.2) is 24.0 Å². The van der Waals surface area contributed by atoms with Gasteiger partial charge in [0.1, 0.15) is 11.6 Å². The fraction of sp³-hybridized carbons (Fsp3) is 0.235. The molecule has 0 fully saturated rings. The average Bonchev–Trinajstić information content (AvgIpc) is 2.62. The van der Waals surface area contributed by atoms with Crippen molar-refractivity contribution in [3.8, 4) is 5.75 Å². The van der Waals surface area contributed by atoms with Crippen LogP contribution in [0, 0.1) is 15.9 Å². The molecule has 1 aliphatic rings. The van der Waals surface area contributed by atoms with Gasteiger partial charge in [0.05, 0.1) is 10.6 Å². The number of carbonyl (C=O) groups excluding carboxylic acids is 1. The Morgan fingerprint density at radius 3 is 2.68 bits per heavy atom. The van der Waals surface area contributed by atoms with Crippen molar-refractivity contribution in [3.05, 3.63) is 62.9 Å². The molecule has 0 aromatic heterocycles. The molecular formula is C17H14ClFN2O4. The van der Waals surface area contributed by atoms with Gasteiger partial charge in [-0.25, -0.2) is 4.39 Å². The molecule has 0 N–H and O–H groups in total. The minimum atomic E-state index is -0.522. The second-order valence-corrected chi connectivity index (χ2v) is 5.95. The van der Waals surface area contributed by atoms with E-state index in [0.29, 0.717) is 35.7 Å². The molecule has 1 amide bonds. The molecule has 130 valence electrons.